The number of aryl methyl sites for hydroxylation is 2. The van der Waals surface area contributed by atoms with E-state index in [9.17, 15) is 18.0 Å². The molecule has 3 nitrogen and oxygen atoms in total. The summed E-state index contributed by atoms with van der Waals surface area (Å²) in [5, 5.41) is 4.17. The second-order valence-electron chi connectivity index (χ2n) is 4.59. The van der Waals surface area contributed by atoms with Crippen LogP contribution in [0.5, 0.6) is 0 Å². The number of benzene rings is 1. The van der Waals surface area contributed by atoms with E-state index < -0.39 is 11.7 Å². The molecule has 0 amide bonds. The molecule has 0 N–H and O–H groups in total. The van der Waals surface area contributed by atoms with Crippen molar-refractivity contribution in [2.45, 2.75) is 20.0 Å². The number of carbonyl (C=O) groups excluding carboxylic acids is 1. The molecule has 0 aliphatic rings. The maximum Gasteiger partial charge on any atom is 0.416 e. The van der Waals surface area contributed by atoms with Crippen LogP contribution in [0, 0.1) is 13.8 Å². The zero-order chi connectivity index (χ0) is 15.1. The van der Waals surface area contributed by atoms with Gasteiger partial charge in [-0.25, -0.2) is 0 Å². The van der Waals surface area contributed by atoms with Gasteiger partial charge in [0.2, 0.25) is 0 Å². The Morgan fingerprint density at radius 3 is 2.35 bits per heavy atom. The molecule has 0 saturated heterocycles. The first-order valence-corrected chi connectivity index (χ1v) is 5.92. The zero-order valence-corrected chi connectivity index (χ0v) is 11.2. The Labute approximate surface area is 114 Å². The van der Waals surface area contributed by atoms with E-state index in [1.54, 1.807) is 25.6 Å². The van der Waals surface area contributed by atoms with Crippen LogP contribution in [0.25, 0.3) is 11.1 Å². The van der Waals surface area contributed by atoms with Crippen LogP contribution in [-0.4, -0.2) is 16.1 Å². The SMILES string of the molecule is Cc1nn(C)c(C)c1-c1cc(C(F)(F)F)ccc1C=O. The molecule has 0 unspecified atom stereocenters. The normalized spacial score (nSPS) is 11.7. The van der Waals surface area contributed by atoms with E-state index in [-0.39, 0.29) is 11.1 Å². The van der Waals surface area contributed by atoms with E-state index in [1.807, 2.05) is 0 Å². The summed E-state index contributed by atoms with van der Waals surface area (Å²) >= 11 is 0. The molecule has 0 bridgehead atoms. The molecule has 1 aromatic carbocycles. The van der Waals surface area contributed by atoms with Crippen molar-refractivity contribution in [1.82, 2.24) is 9.78 Å². The highest BCUT2D eigenvalue weighted by molar-refractivity contribution is 5.89. The Hall–Kier alpha value is -2.11. The maximum absolute atomic E-state index is 12.8. The van der Waals surface area contributed by atoms with Crippen LogP contribution in [0.15, 0.2) is 18.2 Å². The van der Waals surface area contributed by atoms with Crippen LogP contribution >= 0.6 is 0 Å². The van der Waals surface area contributed by atoms with Gasteiger partial charge in [0.05, 0.1) is 11.3 Å². The van der Waals surface area contributed by atoms with Crippen molar-refractivity contribution in [1.29, 1.82) is 0 Å². The van der Waals surface area contributed by atoms with Gasteiger partial charge >= 0.3 is 6.18 Å². The van der Waals surface area contributed by atoms with Gasteiger partial charge in [-0.2, -0.15) is 18.3 Å². The smallest absolute Gasteiger partial charge is 0.298 e. The molecule has 20 heavy (non-hydrogen) atoms. The fourth-order valence-corrected chi connectivity index (χ4v) is 2.22. The lowest BCUT2D eigenvalue weighted by Gasteiger charge is -2.11. The third kappa shape index (κ3) is 2.33. The van der Waals surface area contributed by atoms with Crippen molar-refractivity contribution in [2.24, 2.45) is 7.05 Å². The number of nitrogens with zero attached hydrogens (tertiary/aromatic N) is 2. The lowest BCUT2D eigenvalue weighted by molar-refractivity contribution is -0.137. The predicted molar refractivity (Wildman–Crippen MR) is 68.5 cm³/mol. The molecule has 2 aromatic rings. The van der Waals surface area contributed by atoms with Gasteiger partial charge in [0.1, 0.15) is 0 Å². The van der Waals surface area contributed by atoms with Crippen molar-refractivity contribution in [3.8, 4) is 11.1 Å². The van der Waals surface area contributed by atoms with Gasteiger partial charge in [0.25, 0.3) is 0 Å². The minimum absolute atomic E-state index is 0.220. The summed E-state index contributed by atoms with van der Waals surface area (Å²) in [4.78, 5) is 11.1. The lowest BCUT2D eigenvalue weighted by atomic mass is 9.96. The van der Waals surface area contributed by atoms with Crippen molar-refractivity contribution >= 4 is 6.29 Å². The van der Waals surface area contributed by atoms with Crippen molar-refractivity contribution in [3.63, 3.8) is 0 Å². The molecule has 0 radical (unpaired) electrons. The number of hydrogen-bond donors (Lipinski definition) is 0. The van der Waals surface area contributed by atoms with E-state index in [0.29, 0.717) is 23.2 Å². The van der Waals surface area contributed by atoms with Crippen molar-refractivity contribution < 1.29 is 18.0 Å². The number of carbonyl (C=O) groups is 1. The first-order valence-electron chi connectivity index (χ1n) is 5.92. The summed E-state index contributed by atoms with van der Waals surface area (Å²) in [6.45, 7) is 3.46. The van der Waals surface area contributed by atoms with Crippen molar-refractivity contribution in [2.75, 3.05) is 0 Å². The van der Waals surface area contributed by atoms with Gasteiger partial charge in [-0.15, -0.1) is 0 Å². The topological polar surface area (TPSA) is 34.9 Å². The lowest BCUT2D eigenvalue weighted by Crippen LogP contribution is -2.06. The van der Waals surface area contributed by atoms with Crippen molar-refractivity contribution in [3.05, 3.63) is 40.7 Å². The predicted octanol–water partition coefficient (Wildman–Crippen LogP) is 3.54. The van der Waals surface area contributed by atoms with E-state index >= 15 is 0 Å². The average molecular weight is 282 g/mol. The summed E-state index contributed by atoms with van der Waals surface area (Å²) < 4.78 is 40.0. The fourth-order valence-electron chi connectivity index (χ4n) is 2.22. The average Bonchev–Trinajstić information content (AvgIpc) is 2.61. The highest BCUT2D eigenvalue weighted by Gasteiger charge is 2.31. The molecular formula is C14H13F3N2O. The number of aromatic nitrogens is 2. The molecular weight excluding hydrogens is 269 g/mol. The Balaban J connectivity index is 2.74. The van der Waals surface area contributed by atoms with Crippen LogP contribution in [0.3, 0.4) is 0 Å². The van der Waals surface area contributed by atoms with Gasteiger partial charge in [-0.3, -0.25) is 9.48 Å². The molecule has 0 aliphatic carbocycles. The number of hydrogen-bond acceptors (Lipinski definition) is 2. The van der Waals surface area contributed by atoms with Gasteiger partial charge in [0, 0.05) is 23.9 Å². The highest BCUT2D eigenvalue weighted by Crippen LogP contribution is 2.35. The Morgan fingerprint density at radius 1 is 1.25 bits per heavy atom. The third-order valence-corrected chi connectivity index (χ3v) is 3.29. The molecule has 1 heterocycles. The molecule has 106 valence electrons. The minimum atomic E-state index is -4.44. The van der Waals surface area contributed by atoms with E-state index in [4.69, 9.17) is 0 Å². The summed E-state index contributed by atoms with van der Waals surface area (Å²) in [6, 6.07) is 3.10. The summed E-state index contributed by atoms with van der Waals surface area (Å²) in [5.41, 5.74) is 1.58. The van der Waals surface area contributed by atoms with E-state index in [0.717, 1.165) is 12.1 Å². The zero-order valence-electron chi connectivity index (χ0n) is 11.2. The van der Waals surface area contributed by atoms with Gasteiger partial charge < -0.3 is 0 Å². The molecule has 2 rings (SSSR count). The summed E-state index contributed by atoms with van der Waals surface area (Å²) in [6.07, 6.45) is -3.89. The maximum atomic E-state index is 12.8. The molecule has 0 aliphatic heterocycles. The summed E-state index contributed by atoms with van der Waals surface area (Å²) in [7, 11) is 1.71. The number of rotatable bonds is 2. The van der Waals surface area contributed by atoms with Gasteiger partial charge in [-0.1, -0.05) is 6.07 Å². The molecule has 0 fully saturated rings. The number of aldehydes is 1. The standard InChI is InChI=1S/C14H13F3N2O/c1-8-13(9(2)19(3)18-8)12-6-11(14(15,16)17)5-4-10(12)7-20/h4-7H,1-3H3. The molecule has 0 saturated carbocycles. The fraction of sp³-hybridized carbons (Fsp3) is 0.286. The molecule has 6 heteroatoms. The minimum Gasteiger partial charge on any atom is -0.298 e. The first-order chi connectivity index (χ1) is 9.25. The van der Waals surface area contributed by atoms with Gasteiger partial charge in [-0.05, 0) is 31.5 Å². The molecule has 0 spiro atoms. The molecule has 0 atom stereocenters. The largest absolute Gasteiger partial charge is 0.416 e. The van der Waals surface area contributed by atoms with Crippen LogP contribution in [0.4, 0.5) is 13.2 Å². The second-order valence-corrected chi connectivity index (χ2v) is 4.59. The molecule has 1 aromatic heterocycles. The number of halogens is 3. The Morgan fingerprint density at radius 2 is 1.90 bits per heavy atom. The monoisotopic (exact) mass is 282 g/mol. The van der Waals surface area contributed by atoms with Gasteiger partial charge in [0.15, 0.2) is 6.29 Å². The first kappa shape index (κ1) is 14.3. The summed E-state index contributed by atoms with van der Waals surface area (Å²) in [5.74, 6) is 0. The second kappa shape index (κ2) is 4.77. The van der Waals surface area contributed by atoms with Crippen LogP contribution < -0.4 is 0 Å². The quantitative estimate of drug-likeness (QED) is 0.790. The number of alkyl halides is 3. The third-order valence-electron chi connectivity index (χ3n) is 3.29. The Bertz CT molecular complexity index is 672. The van der Waals surface area contributed by atoms with Crippen LogP contribution in [0.1, 0.15) is 27.3 Å². The van der Waals surface area contributed by atoms with E-state index in [2.05, 4.69) is 5.10 Å². The van der Waals surface area contributed by atoms with Crippen LogP contribution in [-0.2, 0) is 13.2 Å². The highest BCUT2D eigenvalue weighted by atomic mass is 19.4. The van der Waals surface area contributed by atoms with Crippen LogP contribution in [0.2, 0.25) is 0 Å². The van der Waals surface area contributed by atoms with E-state index in [1.165, 1.54) is 6.07 Å². The Kier molecular flexibility index (Phi) is 3.41.